The molecule has 86 valence electrons. The van der Waals surface area contributed by atoms with Crippen LogP contribution in [0, 0.1) is 5.92 Å². The van der Waals surface area contributed by atoms with Crippen LogP contribution in [0.3, 0.4) is 0 Å². The van der Waals surface area contributed by atoms with Gasteiger partial charge in [0.05, 0.1) is 5.56 Å². The molecule has 1 unspecified atom stereocenters. The molecule has 1 saturated carbocycles. The molecule has 1 aromatic heterocycles. The Hall–Kier alpha value is -1.58. The number of carbonyl (C=O) groups excluding carboxylic acids is 1. The molecule has 1 aromatic rings. The molecule has 4 nitrogen and oxygen atoms in total. The maximum atomic E-state index is 10.8. The van der Waals surface area contributed by atoms with Crippen molar-refractivity contribution in [2.24, 2.45) is 11.7 Å². The molecule has 1 aliphatic carbocycles. The number of carbonyl (C=O) groups is 1. The maximum Gasteiger partial charge on any atom is 0.250 e. The van der Waals surface area contributed by atoms with Gasteiger partial charge in [0.15, 0.2) is 0 Å². The highest BCUT2D eigenvalue weighted by molar-refractivity contribution is 5.92. The van der Waals surface area contributed by atoms with Crippen molar-refractivity contribution < 1.29 is 4.79 Å². The summed E-state index contributed by atoms with van der Waals surface area (Å²) in [5, 5.41) is 3.32. The van der Waals surface area contributed by atoms with E-state index in [2.05, 4.69) is 17.2 Å². The fraction of sp³-hybridized carbons (Fsp3) is 0.500. The first kappa shape index (κ1) is 10.9. The van der Waals surface area contributed by atoms with Gasteiger partial charge in [0, 0.05) is 12.2 Å². The molecule has 1 fully saturated rings. The van der Waals surface area contributed by atoms with Gasteiger partial charge in [-0.05, 0) is 31.4 Å². The second kappa shape index (κ2) is 4.51. The third-order valence-corrected chi connectivity index (χ3v) is 2.83. The van der Waals surface area contributed by atoms with Crippen LogP contribution in [0.25, 0.3) is 0 Å². The van der Waals surface area contributed by atoms with Gasteiger partial charge in [-0.3, -0.25) is 4.79 Å². The number of amides is 1. The van der Waals surface area contributed by atoms with E-state index >= 15 is 0 Å². The summed E-state index contributed by atoms with van der Waals surface area (Å²) >= 11 is 0. The number of rotatable bonds is 5. The van der Waals surface area contributed by atoms with Gasteiger partial charge in [0.2, 0.25) is 5.91 Å². The number of pyridine rings is 1. The van der Waals surface area contributed by atoms with Crippen molar-refractivity contribution >= 4 is 11.7 Å². The lowest BCUT2D eigenvalue weighted by molar-refractivity contribution is 0.1000. The monoisotopic (exact) mass is 219 g/mol. The van der Waals surface area contributed by atoms with E-state index in [1.807, 2.05) is 0 Å². The van der Waals surface area contributed by atoms with Crippen LogP contribution >= 0.6 is 0 Å². The topological polar surface area (TPSA) is 68.0 Å². The maximum absolute atomic E-state index is 10.8. The Morgan fingerprint density at radius 1 is 1.62 bits per heavy atom. The first-order chi connectivity index (χ1) is 7.65. The molecule has 0 bridgehead atoms. The van der Waals surface area contributed by atoms with Crippen molar-refractivity contribution in [1.29, 1.82) is 0 Å². The van der Waals surface area contributed by atoms with Crippen molar-refractivity contribution in [1.82, 2.24) is 4.98 Å². The number of nitrogens with two attached hydrogens (primary N) is 1. The minimum absolute atomic E-state index is 0.430. The molecule has 1 amide bonds. The van der Waals surface area contributed by atoms with Gasteiger partial charge in [-0.1, -0.05) is 12.8 Å². The average Bonchev–Trinajstić information content (AvgIpc) is 3.02. The average molecular weight is 219 g/mol. The molecule has 2 rings (SSSR count). The summed E-state index contributed by atoms with van der Waals surface area (Å²) in [4.78, 5) is 15.0. The molecule has 4 heteroatoms. The minimum Gasteiger partial charge on any atom is -0.368 e. The van der Waals surface area contributed by atoms with Crippen LogP contribution in [-0.2, 0) is 0 Å². The van der Waals surface area contributed by atoms with Crippen molar-refractivity contribution in [2.75, 3.05) is 5.32 Å². The highest BCUT2D eigenvalue weighted by atomic mass is 16.1. The Kier molecular flexibility index (Phi) is 3.08. The van der Waals surface area contributed by atoms with Gasteiger partial charge in [0.1, 0.15) is 5.82 Å². The highest BCUT2D eigenvalue weighted by Crippen LogP contribution is 2.33. The van der Waals surface area contributed by atoms with Crippen LogP contribution in [0.4, 0.5) is 5.82 Å². The Balaban J connectivity index is 1.90. The Morgan fingerprint density at radius 3 is 2.88 bits per heavy atom. The summed E-state index contributed by atoms with van der Waals surface area (Å²) < 4.78 is 0. The smallest absolute Gasteiger partial charge is 0.250 e. The van der Waals surface area contributed by atoms with Gasteiger partial charge in [-0.15, -0.1) is 0 Å². The molecule has 3 N–H and O–H groups in total. The SMILES string of the molecule is CC(CC1CC1)Nc1ccc(C(N)=O)cn1. The number of nitrogens with one attached hydrogen (secondary N) is 1. The van der Waals surface area contributed by atoms with E-state index in [0.29, 0.717) is 11.6 Å². The first-order valence-corrected chi connectivity index (χ1v) is 5.67. The molecular formula is C12H17N3O. The van der Waals surface area contributed by atoms with E-state index in [0.717, 1.165) is 11.7 Å². The summed E-state index contributed by atoms with van der Waals surface area (Å²) in [7, 11) is 0. The van der Waals surface area contributed by atoms with Crippen molar-refractivity contribution in [2.45, 2.75) is 32.2 Å². The zero-order valence-electron chi connectivity index (χ0n) is 9.44. The van der Waals surface area contributed by atoms with Crippen molar-refractivity contribution in [3.8, 4) is 0 Å². The summed E-state index contributed by atoms with van der Waals surface area (Å²) in [5.41, 5.74) is 5.58. The van der Waals surface area contributed by atoms with Crippen LogP contribution in [-0.4, -0.2) is 16.9 Å². The fourth-order valence-electron chi connectivity index (χ4n) is 1.79. The van der Waals surface area contributed by atoms with Crippen LogP contribution in [0.1, 0.15) is 36.5 Å². The van der Waals surface area contributed by atoms with Crippen molar-refractivity contribution in [3.05, 3.63) is 23.9 Å². The molecule has 1 heterocycles. The van der Waals surface area contributed by atoms with Gasteiger partial charge < -0.3 is 11.1 Å². The van der Waals surface area contributed by atoms with Crippen LogP contribution in [0.5, 0.6) is 0 Å². The quantitative estimate of drug-likeness (QED) is 0.793. The summed E-state index contributed by atoms with van der Waals surface area (Å²) in [5.74, 6) is 1.26. The fourth-order valence-corrected chi connectivity index (χ4v) is 1.79. The molecule has 0 radical (unpaired) electrons. The number of primary amides is 1. The zero-order chi connectivity index (χ0) is 11.5. The van der Waals surface area contributed by atoms with E-state index in [1.54, 1.807) is 12.1 Å². The molecule has 0 spiro atoms. The summed E-state index contributed by atoms with van der Waals surface area (Å²) in [6.45, 7) is 2.15. The number of nitrogens with zero attached hydrogens (tertiary/aromatic N) is 1. The number of hydrogen-bond acceptors (Lipinski definition) is 3. The standard InChI is InChI=1S/C12H17N3O/c1-8(6-9-2-3-9)15-11-5-4-10(7-14-11)12(13)16/h4-5,7-9H,2-3,6H2,1H3,(H2,13,16)(H,14,15). The van der Waals surface area contributed by atoms with E-state index in [9.17, 15) is 4.79 Å². The molecule has 16 heavy (non-hydrogen) atoms. The Morgan fingerprint density at radius 2 is 2.38 bits per heavy atom. The van der Waals surface area contributed by atoms with E-state index in [1.165, 1.54) is 25.5 Å². The zero-order valence-corrected chi connectivity index (χ0v) is 9.44. The Labute approximate surface area is 95.3 Å². The highest BCUT2D eigenvalue weighted by Gasteiger charge is 2.23. The lowest BCUT2D eigenvalue weighted by Crippen LogP contribution is -2.17. The second-order valence-corrected chi connectivity index (χ2v) is 4.52. The normalized spacial score (nSPS) is 16.8. The van der Waals surface area contributed by atoms with Crippen LogP contribution < -0.4 is 11.1 Å². The predicted molar refractivity (Wildman–Crippen MR) is 63.2 cm³/mol. The number of hydrogen-bond donors (Lipinski definition) is 2. The van der Waals surface area contributed by atoms with Gasteiger partial charge in [0.25, 0.3) is 0 Å². The lowest BCUT2D eigenvalue weighted by Gasteiger charge is -2.13. The third kappa shape index (κ3) is 2.95. The van der Waals surface area contributed by atoms with Gasteiger partial charge in [-0.25, -0.2) is 4.98 Å². The number of aromatic nitrogens is 1. The molecule has 0 aromatic carbocycles. The van der Waals surface area contributed by atoms with Gasteiger partial charge in [-0.2, -0.15) is 0 Å². The largest absolute Gasteiger partial charge is 0.368 e. The molecule has 0 saturated heterocycles. The minimum atomic E-state index is -0.440. The summed E-state index contributed by atoms with van der Waals surface area (Å²) in [6, 6.07) is 3.92. The number of anilines is 1. The van der Waals surface area contributed by atoms with E-state index in [-0.39, 0.29) is 0 Å². The Bertz CT molecular complexity index is 370. The van der Waals surface area contributed by atoms with Crippen LogP contribution in [0.2, 0.25) is 0 Å². The first-order valence-electron chi connectivity index (χ1n) is 5.67. The van der Waals surface area contributed by atoms with Gasteiger partial charge >= 0.3 is 0 Å². The van der Waals surface area contributed by atoms with E-state index < -0.39 is 5.91 Å². The molecular weight excluding hydrogens is 202 g/mol. The predicted octanol–water partition coefficient (Wildman–Crippen LogP) is 1.78. The molecule has 0 aliphatic heterocycles. The third-order valence-electron chi connectivity index (χ3n) is 2.83. The van der Waals surface area contributed by atoms with Crippen molar-refractivity contribution in [3.63, 3.8) is 0 Å². The summed E-state index contributed by atoms with van der Waals surface area (Å²) in [6.07, 6.45) is 5.42. The molecule has 1 aliphatic rings. The van der Waals surface area contributed by atoms with E-state index in [4.69, 9.17) is 5.73 Å². The lowest BCUT2D eigenvalue weighted by atomic mass is 10.1. The molecule has 1 atom stereocenters. The second-order valence-electron chi connectivity index (χ2n) is 4.52. The van der Waals surface area contributed by atoms with Crippen LogP contribution in [0.15, 0.2) is 18.3 Å².